The van der Waals surface area contributed by atoms with Crippen LogP contribution in [-0.2, 0) is 6.42 Å². The summed E-state index contributed by atoms with van der Waals surface area (Å²) in [5.74, 6) is 0. The molecule has 0 saturated carbocycles. The Labute approximate surface area is 71.6 Å². The number of rotatable bonds is 4. The molecule has 0 saturated heterocycles. The Kier molecular flexibility index (Phi) is 3.94. The van der Waals surface area contributed by atoms with Crippen LogP contribution >= 0.6 is 11.6 Å². The zero-order valence-corrected chi connectivity index (χ0v) is 7.01. The first-order chi connectivity index (χ1) is 5.43. The first kappa shape index (κ1) is 8.50. The van der Waals surface area contributed by atoms with E-state index in [2.05, 4.69) is 10.3 Å². The van der Waals surface area contributed by atoms with Crippen molar-refractivity contribution in [1.82, 2.24) is 10.3 Å². The molecule has 1 aromatic heterocycles. The lowest BCUT2D eigenvalue weighted by molar-refractivity contribution is 0.757. The van der Waals surface area contributed by atoms with E-state index in [0.29, 0.717) is 6.00 Å². The molecule has 0 aliphatic carbocycles. The molecule has 1 rings (SSSR count). The Morgan fingerprint density at radius 1 is 1.45 bits per heavy atom. The van der Waals surface area contributed by atoms with E-state index >= 15 is 0 Å². The molecule has 11 heavy (non-hydrogen) atoms. The van der Waals surface area contributed by atoms with E-state index in [9.17, 15) is 0 Å². The molecule has 0 bridgehead atoms. The Balaban J connectivity index is 2.28. The molecular weight excluding hydrogens is 160 g/mol. The number of aromatic nitrogens is 1. The van der Waals surface area contributed by atoms with Crippen LogP contribution in [0.15, 0.2) is 24.4 Å². The summed E-state index contributed by atoms with van der Waals surface area (Å²) in [6.45, 7) is 0.889. The van der Waals surface area contributed by atoms with E-state index in [-0.39, 0.29) is 0 Å². The number of pyridine rings is 1. The highest BCUT2D eigenvalue weighted by Crippen LogP contribution is 1.92. The summed E-state index contributed by atoms with van der Waals surface area (Å²) >= 11 is 5.44. The van der Waals surface area contributed by atoms with Gasteiger partial charge in [0, 0.05) is 24.9 Å². The lowest BCUT2D eigenvalue weighted by Crippen LogP contribution is -2.15. The summed E-state index contributed by atoms with van der Waals surface area (Å²) in [7, 11) is 0. The first-order valence-corrected chi connectivity index (χ1v) is 4.13. The van der Waals surface area contributed by atoms with E-state index < -0.39 is 0 Å². The van der Waals surface area contributed by atoms with Crippen molar-refractivity contribution in [1.29, 1.82) is 0 Å². The summed E-state index contributed by atoms with van der Waals surface area (Å²) in [4.78, 5) is 4.17. The molecule has 0 atom stereocenters. The first-order valence-electron chi connectivity index (χ1n) is 3.60. The second kappa shape index (κ2) is 5.10. The molecule has 0 spiro atoms. The molecular formula is C8H11ClN2. The average molecular weight is 171 g/mol. The number of alkyl halides is 1. The van der Waals surface area contributed by atoms with Crippen LogP contribution in [0.5, 0.6) is 0 Å². The topological polar surface area (TPSA) is 24.9 Å². The van der Waals surface area contributed by atoms with Crippen molar-refractivity contribution < 1.29 is 0 Å². The molecule has 1 heterocycles. The van der Waals surface area contributed by atoms with E-state index in [1.165, 1.54) is 0 Å². The highest BCUT2D eigenvalue weighted by atomic mass is 35.5. The monoisotopic (exact) mass is 170 g/mol. The predicted molar refractivity (Wildman–Crippen MR) is 46.7 cm³/mol. The van der Waals surface area contributed by atoms with Gasteiger partial charge in [-0.05, 0) is 12.1 Å². The number of nitrogens with one attached hydrogen (secondary N) is 1. The van der Waals surface area contributed by atoms with Crippen molar-refractivity contribution in [3.8, 4) is 0 Å². The van der Waals surface area contributed by atoms with Crippen LogP contribution in [0.1, 0.15) is 5.69 Å². The minimum absolute atomic E-state index is 0.507. The fourth-order valence-corrected chi connectivity index (χ4v) is 0.963. The van der Waals surface area contributed by atoms with E-state index in [1.807, 2.05) is 18.2 Å². The van der Waals surface area contributed by atoms with Gasteiger partial charge in [0.05, 0.1) is 6.00 Å². The van der Waals surface area contributed by atoms with Gasteiger partial charge in [0.15, 0.2) is 0 Å². The maximum absolute atomic E-state index is 5.44. The number of halogens is 1. The van der Waals surface area contributed by atoms with Crippen molar-refractivity contribution in [2.75, 3.05) is 12.5 Å². The van der Waals surface area contributed by atoms with Crippen molar-refractivity contribution in [3.05, 3.63) is 30.1 Å². The zero-order chi connectivity index (χ0) is 7.94. The standard InChI is InChI=1S/C8H11ClN2/c9-7-10-6-4-8-3-1-2-5-11-8/h1-3,5,10H,4,6-7H2. The molecule has 0 aliphatic rings. The number of hydrogen-bond acceptors (Lipinski definition) is 2. The van der Waals surface area contributed by atoms with Gasteiger partial charge < -0.3 is 5.32 Å². The second-order valence-electron chi connectivity index (χ2n) is 2.20. The molecule has 0 amide bonds. The minimum Gasteiger partial charge on any atom is -0.303 e. The minimum atomic E-state index is 0.507. The molecule has 60 valence electrons. The van der Waals surface area contributed by atoms with Crippen LogP contribution in [0, 0.1) is 0 Å². The Bertz CT molecular complexity index is 189. The van der Waals surface area contributed by atoms with Crippen LogP contribution in [-0.4, -0.2) is 17.5 Å². The van der Waals surface area contributed by atoms with E-state index in [4.69, 9.17) is 11.6 Å². The Morgan fingerprint density at radius 3 is 3.00 bits per heavy atom. The SMILES string of the molecule is ClCNCCc1ccccn1. The fourth-order valence-electron chi connectivity index (χ4n) is 0.829. The summed E-state index contributed by atoms with van der Waals surface area (Å²) < 4.78 is 0. The van der Waals surface area contributed by atoms with Crippen molar-refractivity contribution in [2.45, 2.75) is 6.42 Å². The van der Waals surface area contributed by atoms with Gasteiger partial charge in [-0.25, -0.2) is 0 Å². The van der Waals surface area contributed by atoms with Crippen LogP contribution < -0.4 is 5.32 Å². The van der Waals surface area contributed by atoms with E-state index in [1.54, 1.807) is 6.20 Å². The molecule has 0 radical (unpaired) electrons. The summed E-state index contributed by atoms with van der Waals surface area (Å²) in [5.41, 5.74) is 1.10. The molecule has 3 heteroatoms. The highest BCUT2D eigenvalue weighted by molar-refractivity contribution is 6.17. The molecule has 1 aromatic rings. The average Bonchev–Trinajstić information content (AvgIpc) is 2.07. The molecule has 0 aliphatic heterocycles. The smallest absolute Gasteiger partial charge is 0.0713 e. The fraction of sp³-hybridized carbons (Fsp3) is 0.375. The van der Waals surface area contributed by atoms with Crippen LogP contribution in [0.4, 0.5) is 0 Å². The summed E-state index contributed by atoms with van der Waals surface area (Å²) in [6, 6.07) is 6.42. The van der Waals surface area contributed by atoms with Gasteiger partial charge in [-0.1, -0.05) is 6.07 Å². The largest absolute Gasteiger partial charge is 0.303 e. The quantitative estimate of drug-likeness (QED) is 0.420. The van der Waals surface area contributed by atoms with Gasteiger partial charge in [-0.3, -0.25) is 4.98 Å². The maximum atomic E-state index is 5.44. The molecule has 1 N–H and O–H groups in total. The molecule has 0 unspecified atom stereocenters. The molecule has 0 aromatic carbocycles. The van der Waals surface area contributed by atoms with Crippen molar-refractivity contribution in [3.63, 3.8) is 0 Å². The van der Waals surface area contributed by atoms with Crippen molar-refractivity contribution in [2.24, 2.45) is 0 Å². The third-order valence-electron chi connectivity index (χ3n) is 1.38. The summed E-state index contributed by atoms with van der Waals surface area (Å²) in [6.07, 6.45) is 2.74. The molecule has 0 fully saturated rings. The van der Waals surface area contributed by atoms with Gasteiger partial charge >= 0.3 is 0 Å². The second-order valence-corrected chi connectivity index (χ2v) is 2.47. The van der Waals surface area contributed by atoms with Gasteiger partial charge in [0.2, 0.25) is 0 Å². The van der Waals surface area contributed by atoms with Crippen molar-refractivity contribution >= 4 is 11.6 Å². The zero-order valence-electron chi connectivity index (χ0n) is 6.26. The number of nitrogens with zero attached hydrogens (tertiary/aromatic N) is 1. The normalized spacial score (nSPS) is 9.91. The Hall–Kier alpha value is -0.600. The van der Waals surface area contributed by atoms with E-state index in [0.717, 1.165) is 18.7 Å². The number of hydrogen-bond donors (Lipinski definition) is 1. The van der Waals surface area contributed by atoms with Crippen LogP contribution in [0.25, 0.3) is 0 Å². The third-order valence-corrected chi connectivity index (χ3v) is 1.57. The van der Waals surface area contributed by atoms with Gasteiger partial charge in [-0.2, -0.15) is 0 Å². The van der Waals surface area contributed by atoms with Gasteiger partial charge in [-0.15, -0.1) is 11.6 Å². The molecule has 2 nitrogen and oxygen atoms in total. The maximum Gasteiger partial charge on any atom is 0.0713 e. The van der Waals surface area contributed by atoms with Crippen LogP contribution in [0.2, 0.25) is 0 Å². The predicted octanol–water partition coefficient (Wildman–Crippen LogP) is 1.41. The Morgan fingerprint density at radius 2 is 2.36 bits per heavy atom. The lowest BCUT2D eigenvalue weighted by atomic mass is 10.3. The van der Waals surface area contributed by atoms with Gasteiger partial charge in [0.25, 0.3) is 0 Å². The summed E-state index contributed by atoms with van der Waals surface area (Å²) in [5, 5.41) is 3.02. The van der Waals surface area contributed by atoms with Crippen LogP contribution in [0.3, 0.4) is 0 Å². The third kappa shape index (κ3) is 3.35. The lowest BCUT2D eigenvalue weighted by Gasteiger charge is -1.98. The van der Waals surface area contributed by atoms with Gasteiger partial charge in [0.1, 0.15) is 0 Å². The highest BCUT2D eigenvalue weighted by Gasteiger charge is 1.90.